The van der Waals surface area contributed by atoms with E-state index in [2.05, 4.69) is 4.52 Å². The second-order valence-electron chi connectivity index (χ2n) is 7.99. The third-order valence-corrected chi connectivity index (χ3v) is 6.10. The van der Waals surface area contributed by atoms with Crippen molar-refractivity contribution in [3.05, 3.63) is 35.9 Å². The van der Waals surface area contributed by atoms with Gasteiger partial charge < -0.3 is 40.3 Å². The number of carbonyl (C=O) groups excluding carboxylic acids is 1. The van der Waals surface area contributed by atoms with Gasteiger partial charge in [-0.3, -0.25) is 9.79 Å². The number of rotatable bonds is 12. The van der Waals surface area contributed by atoms with E-state index in [-0.39, 0.29) is 17.9 Å². The minimum absolute atomic E-state index is 0.0723. The highest BCUT2D eigenvalue weighted by atomic mass is 31.2. The van der Waals surface area contributed by atoms with Gasteiger partial charge in [-0.15, -0.1) is 0 Å². The van der Waals surface area contributed by atoms with Crippen molar-refractivity contribution in [1.82, 2.24) is 0 Å². The summed E-state index contributed by atoms with van der Waals surface area (Å²) >= 11 is 0. The molecule has 1 fully saturated rings. The standard InChI is InChI=1S/C19H29O12P/c20-10-14(22)15(23)16(24)19(27,17(25)31-32(28,29)30)18(26,12-4-2-1-3-5-12)9-8-13(21)11-6-7-11/h1-5,11,13-16,20-24,26-27H,6-10H2,(H2,28,29,30)/t13?,14-,15-,16+,18?,19-/m1/s1. The van der Waals surface area contributed by atoms with Crippen LogP contribution in [0.1, 0.15) is 31.2 Å². The van der Waals surface area contributed by atoms with Gasteiger partial charge in [-0.25, -0.2) is 9.36 Å². The summed E-state index contributed by atoms with van der Waals surface area (Å²) in [5.41, 5.74) is -6.71. The lowest BCUT2D eigenvalue weighted by Gasteiger charge is -2.46. The van der Waals surface area contributed by atoms with Gasteiger partial charge in [0.05, 0.1) is 12.7 Å². The number of hydrogen-bond acceptors (Lipinski definition) is 10. The Kier molecular flexibility index (Phi) is 8.57. The summed E-state index contributed by atoms with van der Waals surface area (Å²) < 4.78 is 15.2. The van der Waals surface area contributed by atoms with E-state index in [1.165, 1.54) is 30.3 Å². The van der Waals surface area contributed by atoms with E-state index in [1.54, 1.807) is 0 Å². The zero-order chi connectivity index (χ0) is 24.3. The largest absolute Gasteiger partial charge is 0.527 e. The third kappa shape index (κ3) is 5.72. The molecule has 9 N–H and O–H groups in total. The molecule has 1 aliphatic rings. The first-order valence-electron chi connectivity index (χ1n) is 9.91. The van der Waals surface area contributed by atoms with Gasteiger partial charge >= 0.3 is 13.8 Å². The summed E-state index contributed by atoms with van der Waals surface area (Å²) in [6.45, 7) is -1.12. The van der Waals surface area contributed by atoms with Crippen LogP contribution < -0.4 is 0 Å². The lowest BCUT2D eigenvalue weighted by Crippen LogP contribution is -2.68. The SMILES string of the molecule is O=C(OP(=O)(O)O)[C@](O)([C@@H](O)[C@H](O)[C@H](O)CO)C(O)(CCC(O)C1CC1)c1ccccc1. The van der Waals surface area contributed by atoms with Crippen LogP contribution in [0.2, 0.25) is 0 Å². The van der Waals surface area contributed by atoms with Crippen molar-refractivity contribution in [2.45, 2.75) is 61.3 Å². The summed E-state index contributed by atoms with van der Waals surface area (Å²) in [4.78, 5) is 30.9. The van der Waals surface area contributed by atoms with Crippen LogP contribution in [0.4, 0.5) is 0 Å². The molecule has 1 aliphatic carbocycles. The quantitative estimate of drug-likeness (QED) is 0.146. The Balaban J connectivity index is 2.61. The topological polar surface area (TPSA) is 225 Å². The predicted octanol–water partition coefficient (Wildman–Crippen LogP) is -2.13. The number of phosphoric acid groups is 1. The Bertz CT molecular complexity index is 812. The first-order valence-corrected chi connectivity index (χ1v) is 11.4. The van der Waals surface area contributed by atoms with E-state index in [0.29, 0.717) is 0 Å². The monoisotopic (exact) mass is 480 g/mol. The zero-order valence-corrected chi connectivity index (χ0v) is 17.9. The van der Waals surface area contributed by atoms with Gasteiger partial charge in [0.2, 0.25) is 5.60 Å². The van der Waals surface area contributed by atoms with Gasteiger partial charge in [-0.1, -0.05) is 30.3 Å². The molecule has 2 unspecified atom stereocenters. The average molecular weight is 480 g/mol. The molecule has 6 atom stereocenters. The van der Waals surface area contributed by atoms with Crippen LogP contribution in [0.15, 0.2) is 30.3 Å². The van der Waals surface area contributed by atoms with Crippen LogP contribution in [0.5, 0.6) is 0 Å². The van der Waals surface area contributed by atoms with Crippen LogP contribution in [-0.4, -0.2) is 88.1 Å². The first kappa shape index (κ1) is 26.8. The second-order valence-corrected chi connectivity index (χ2v) is 9.15. The van der Waals surface area contributed by atoms with Crippen LogP contribution in [-0.2, 0) is 19.5 Å². The summed E-state index contributed by atoms with van der Waals surface area (Å²) in [6, 6.07) is 6.80. The van der Waals surface area contributed by atoms with Crippen molar-refractivity contribution >= 4 is 13.8 Å². The van der Waals surface area contributed by atoms with Crippen LogP contribution in [0.25, 0.3) is 0 Å². The number of benzene rings is 1. The van der Waals surface area contributed by atoms with Gasteiger partial charge in [-0.2, -0.15) is 0 Å². The fraction of sp³-hybridized carbons (Fsp3) is 0.632. The molecule has 0 amide bonds. The Morgan fingerprint density at radius 3 is 2.12 bits per heavy atom. The van der Waals surface area contributed by atoms with E-state index < -0.39 is 62.4 Å². The van der Waals surface area contributed by atoms with Crippen molar-refractivity contribution in [3.63, 3.8) is 0 Å². The maximum Gasteiger partial charge on any atom is 0.527 e. The molecule has 1 aromatic carbocycles. The van der Waals surface area contributed by atoms with Gasteiger partial charge in [-0.05, 0) is 37.2 Å². The number of aliphatic hydroxyl groups excluding tert-OH is 5. The number of hydrogen-bond donors (Lipinski definition) is 9. The molecule has 12 nitrogen and oxygen atoms in total. The summed E-state index contributed by atoms with van der Waals surface area (Å²) in [5, 5.41) is 72.7. The minimum Gasteiger partial charge on any atom is -0.394 e. The van der Waals surface area contributed by atoms with Crippen molar-refractivity contribution in [2.24, 2.45) is 5.92 Å². The Morgan fingerprint density at radius 1 is 1.09 bits per heavy atom. The van der Waals surface area contributed by atoms with Crippen molar-refractivity contribution in [1.29, 1.82) is 0 Å². The molecular weight excluding hydrogens is 451 g/mol. The average Bonchev–Trinajstić information content (AvgIpc) is 3.59. The molecule has 2 rings (SSSR count). The third-order valence-electron chi connectivity index (χ3n) is 5.70. The predicted molar refractivity (Wildman–Crippen MR) is 106 cm³/mol. The number of carbonyl (C=O) groups is 1. The molecular formula is C19H29O12P. The van der Waals surface area contributed by atoms with Crippen LogP contribution >= 0.6 is 7.82 Å². The molecule has 0 aromatic heterocycles. The molecule has 0 saturated heterocycles. The van der Waals surface area contributed by atoms with E-state index >= 15 is 0 Å². The molecule has 0 spiro atoms. The van der Waals surface area contributed by atoms with E-state index in [1.807, 2.05) is 0 Å². The molecule has 0 radical (unpaired) electrons. The summed E-state index contributed by atoms with van der Waals surface area (Å²) in [6.07, 6.45) is -7.65. The maximum atomic E-state index is 12.7. The lowest BCUT2D eigenvalue weighted by atomic mass is 9.69. The van der Waals surface area contributed by atoms with Crippen LogP contribution in [0, 0.1) is 5.92 Å². The number of phosphoric ester groups is 1. The van der Waals surface area contributed by atoms with Gasteiger partial charge in [0.25, 0.3) is 0 Å². The molecule has 0 aliphatic heterocycles. The molecule has 0 heterocycles. The molecule has 182 valence electrons. The smallest absolute Gasteiger partial charge is 0.394 e. The lowest BCUT2D eigenvalue weighted by molar-refractivity contribution is -0.246. The molecule has 0 bridgehead atoms. The Hall–Kier alpha value is -1.44. The van der Waals surface area contributed by atoms with Gasteiger partial charge in [0.15, 0.2) is 0 Å². The summed E-state index contributed by atoms with van der Waals surface area (Å²) in [7, 11) is -5.60. The minimum atomic E-state index is -5.60. The van der Waals surface area contributed by atoms with Crippen molar-refractivity contribution in [2.75, 3.05) is 6.61 Å². The second kappa shape index (κ2) is 10.2. The maximum absolute atomic E-state index is 12.7. The fourth-order valence-electron chi connectivity index (χ4n) is 3.62. The molecule has 32 heavy (non-hydrogen) atoms. The van der Waals surface area contributed by atoms with E-state index in [9.17, 15) is 40.0 Å². The number of aliphatic hydroxyl groups is 7. The Morgan fingerprint density at radius 2 is 1.66 bits per heavy atom. The highest BCUT2D eigenvalue weighted by molar-refractivity contribution is 7.46. The Labute approximate surface area is 183 Å². The van der Waals surface area contributed by atoms with Crippen molar-refractivity contribution < 1.29 is 59.4 Å². The van der Waals surface area contributed by atoms with Crippen LogP contribution in [0.3, 0.4) is 0 Å². The normalized spacial score (nSPS) is 22.2. The van der Waals surface area contributed by atoms with Gasteiger partial charge in [0, 0.05) is 0 Å². The first-order chi connectivity index (χ1) is 14.8. The highest BCUT2D eigenvalue weighted by Gasteiger charge is 2.64. The highest BCUT2D eigenvalue weighted by Crippen LogP contribution is 2.47. The van der Waals surface area contributed by atoms with E-state index in [0.717, 1.165) is 12.8 Å². The molecule has 1 saturated carbocycles. The zero-order valence-electron chi connectivity index (χ0n) is 17.0. The van der Waals surface area contributed by atoms with Gasteiger partial charge in [0.1, 0.15) is 23.9 Å². The molecule has 1 aromatic rings. The van der Waals surface area contributed by atoms with Crippen molar-refractivity contribution in [3.8, 4) is 0 Å². The fourth-order valence-corrected chi connectivity index (χ4v) is 3.97. The van der Waals surface area contributed by atoms with E-state index in [4.69, 9.17) is 14.9 Å². The summed E-state index contributed by atoms with van der Waals surface area (Å²) in [5.74, 6) is -2.26. The molecule has 13 heteroatoms.